The maximum absolute atomic E-state index is 4.73. The van der Waals surface area contributed by atoms with E-state index >= 15 is 0 Å². The Morgan fingerprint density at radius 1 is 1.12 bits per heavy atom. The third-order valence-corrected chi connectivity index (χ3v) is 4.31. The van der Waals surface area contributed by atoms with Crippen LogP contribution in [0.4, 0.5) is 0 Å². The first kappa shape index (κ1) is 17.1. The average Bonchev–Trinajstić information content (AvgIpc) is 3.06. The first-order chi connectivity index (χ1) is 12.3. The van der Waals surface area contributed by atoms with Crippen LogP contribution in [0.15, 0.2) is 65.4 Å². The summed E-state index contributed by atoms with van der Waals surface area (Å²) >= 11 is 0. The molecule has 0 saturated carbocycles. The number of fused-ring (bicyclic) bond motifs is 1. The molecule has 0 aliphatic heterocycles. The molecule has 0 N–H and O–H groups in total. The zero-order valence-electron chi connectivity index (χ0n) is 15.0. The van der Waals surface area contributed by atoms with Gasteiger partial charge in [-0.15, -0.1) is 5.10 Å². The summed E-state index contributed by atoms with van der Waals surface area (Å²) in [6.45, 7) is 5.00. The number of hydrogen-bond donors (Lipinski definition) is 0. The first-order valence-corrected chi connectivity index (χ1v) is 8.97. The summed E-state index contributed by atoms with van der Waals surface area (Å²) < 4.78 is 3.99. The predicted octanol–water partition coefficient (Wildman–Crippen LogP) is 4.12. The van der Waals surface area contributed by atoms with Gasteiger partial charge in [0, 0.05) is 12.4 Å². The van der Waals surface area contributed by atoms with Gasteiger partial charge in [-0.25, -0.2) is 9.67 Å². The average molecular weight is 335 g/mol. The molecule has 0 fully saturated rings. The van der Waals surface area contributed by atoms with Crippen LogP contribution in [-0.2, 0) is 6.67 Å². The predicted molar refractivity (Wildman–Crippen MR) is 101 cm³/mol. The van der Waals surface area contributed by atoms with Gasteiger partial charge in [-0.05, 0) is 43.5 Å². The van der Waals surface area contributed by atoms with E-state index in [9.17, 15) is 0 Å². The van der Waals surface area contributed by atoms with Crippen LogP contribution in [0, 0.1) is 0 Å². The van der Waals surface area contributed by atoms with Crippen molar-refractivity contribution in [3.8, 4) is 0 Å². The molecule has 25 heavy (non-hydrogen) atoms. The fourth-order valence-corrected chi connectivity index (χ4v) is 2.76. The maximum atomic E-state index is 4.73. The molecule has 2 aromatic heterocycles. The number of pyridine rings is 1. The van der Waals surface area contributed by atoms with E-state index in [4.69, 9.17) is 4.99 Å². The van der Waals surface area contributed by atoms with Gasteiger partial charge in [0.2, 0.25) is 0 Å². The van der Waals surface area contributed by atoms with E-state index in [2.05, 4.69) is 28.7 Å². The lowest BCUT2D eigenvalue weighted by Gasteiger charge is -2.08. The number of para-hydroxylation sites is 1. The van der Waals surface area contributed by atoms with Crippen LogP contribution in [0.2, 0.25) is 0 Å². The Hall–Kier alpha value is -2.69. The van der Waals surface area contributed by atoms with Crippen LogP contribution in [0.1, 0.15) is 39.5 Å². The molecule has 0 aliphatic rings. The molecular formula is C20H25N5. The largest absolute Gasteiger partial charge is 0.313 e. The van der Waals surface area contributed by atoms with Crippen LogP contribution in [0.5, 0.6) is 0 Å². The standard InChI is InChI=1S/C20H25N5/c1-3-5-10-17(4-2)15-21-20-13-8-9-14-24(20)16-25-19-12-7-6-11-18(19)22-23-25/h6-9,11-15H,3-5,10,16H2,1-2H3/b17-15+,21-20?. The summed E-state index contributed by atoms with van der Waals surface area (Å²) in [5, 5.41) is 8.50. The van der Waals surface area contributed by atoms with Gasteiger partial charge >= 0.3 is 0 Å². The number of hydrogen-bond acceptors (Lipinski definition) is 3. The smallest absolute Gasteiger partial charge is 0.133 e. The van der Waals surface area contributed by atoms with Crippen molar-refractivity contribution < 1.29 is 0 Å². The Bertz CT molecular complexity index is 917. The molecule has 0 spiro atoms. The summed E-state index contributed by atoms with van der Waals surface area (Å²) in [5.41, 5.74) is 4.25. The molecule has 5 heteroatoms. The molecule has 0 unspecified atom stereocenters. The van der Waals surface area contributed by atoms with E-state index in [0.29, 0.717) is 6.67 Å². The fraction of sp³-hybridized carbons (Fsp3) is 0.350. The maximum Gasteiger partial charge on any atom is 0.133 e. The van der Waals surface area contributed by atoms with Crippen molar-refractivity contribution in [1.29, 1.82) is 0 Å². The lowest BCUT2D eigenvalue weighted by atomic mass is 10.1. The molecule has 0 saturated heterocycles. The lowest BCUT2D eigenvalue weighted by molar-refractivity contribution is 0.527. The molecule has 5 nitrogen and oxygen atoms in total. The summed E-state index contributed by atoms with van der Waals surface area (Å²) in [5.74, 6) is 0. The van der Waals surface area contributed by atoms with Gasteiger partial charge in [0.25, 0.3) is 0 Å². The zero-order valence-corrected chi connectivity index (χ0v) is 15.0. The molecule has 0 radical (unpaired) electrons. The molecule has 0 atom stereocenters. The van der Waals surface area contributed by atoms with Crippen molar-refractivity contribution in [2.75, 3.05) is 0 Å². The Morgan fingerprint density at radius 3 is 2.80 bits per heavy atom. The Morgan fingerprint density at radius 2 is 1.96 bits per heavy atom. The van der Waals surface area contributed by atoms with Crippen molar-refractivity contribution in [2.45, 2.75) is 46.2 Å². The summed E-state index contributed by atoms with van der Waals surface area (Å²) in [6.07, 6.45) is 8.65. The van der Waals surface area contributed by atoms with Crippen LogP contribution < -0.4 is 5.49 Å². The van der Waals surface area contributed by atoms with Crippen LogP contribution in [0.3, 0.4) is 0 Å². The topological polar surface area (TPSA) is 48.0 Å². The van der Waals surface area contributed by atoms with Crippen LogP contribution in [-0.4, -0.2) is 19.6 Å². The second-order valence-corrected chi connectivity index (χ2v) is 6.12. The van der Waals surface area contributed by atoms with Gasteiger partial charge in [-0.3, -0.25) is 0 Å². The molecule has 2 heterocycles. The summed E-state index contributed by atoms with van der Waals surface area (Å²) in [6, 6.07) is 14.1. The number of nitrogens with zero attached hydrogens (tertiary/aromatic N) is 5. The van der Waals surface area contributed by atoms with Crippen LogP contribution >= 0.6 is 0 Å². The monoisotopic (exact) mass is 335 g/mol. The van der Waals surface area contributed by atoms with Gasteiger partial charge in [0.15, 0.2) is 0 Å². The van der Waals surface area contributed by atoms with E-state index in [0.717, 1.165) is 29.4 Å². The number of unbranched alkanes of at least 4 members (excludes halogenated alkanes) is 1. The third kappa shape index (κ3) is 4.24. The highest BCUT2D eigenvalue weighted by Crippen LogP contribution is 2.11. The van der Waals surface area contributed by atoms with Crippen molar-refractivity contribution >= 4 is 11.0 Å². The van der Waals surface area contributed by atoms with Gasteiger partial charge in [-0.1, -0.05) is 49.3 Å². The van der Waals surface area contributed by atoms with Crippen molar-refractivity contribution in [1.82, 2.24) is 19.6 Å². The number of rotatable bonds is 7. The quantitative estimate of drug-likeness (QED) is 0.652. The van der Waals surface area contributed by atoms with Gasteiger partial charge in [0.05, 0.1) is 5.52 Å². The molecule has 3 rings (SSSR count). The fourth-order valence-electron chi connectivity index (χ4n) is 2.76. The minimum atomic E-state index is 0.588. The highest BCUT2D eigenvalue weighted by Gasteiger charge is 2.03. The van der Waals surface area contributed by atoms with Crippen molar-refractivity contribution in [2.24, 2.45) is 4.99 Å². The minimum absolute atomic E-state index is 0.588. The van der Waals surface area contributed by atoms with Crippen molar-refractivity contribution in [3.05, 3.63) is 65.9 Å². The van der Waals surface area contributed by atoms with Gasteiger partial charge in [0.1, 0.15) is 17.7 Å². The molecule has 0 aliphatic carbocycles. The van der Waals surface area contributed by atoms with E-state index in [1.807, 2.05) is 59.5 Å². The van der Waals surface area contributed by atoms with Gasteiger partial charge < -0.3 is 4.57 Å². The molecule has 0 bridgehead atoms. The molecular weight excluding hydrogens is 310 g/mol. The number of allylic oxidation sites excluding steroid dienone is 1. The van der Waals surface area contributed by atoms with E-state index in [1.165, 1.54) is 18.4 Å². The summed E-state index contributed by atoms with van der Waals surface area (Å²) in [4.78, 5) is 4.73. The van der Waals surface area contributed by atoms with E-state index < -0.39 is 0 Å². The Balaban J connectivity index is 1.90. The van der Waals surface area contributed by atoms with E-state index in [1.54, 1.807) is 0 Å². The molecule has 0 amide bonds. The highest BCUT2D eigenvalue weighted by atomic mass is 15.5. The SMILES string of the molecule is CCCC/C(=C/N=c1ccccn1Cn1nnc2ccccc21)CC. The van der Waals surface area contributed by atoms with E-state index in [-0.39, 0.29) is 0 Å². The highest BCUT2D eigenvalue weighted by molar-refractivity contribution is 5.73. The molecule has 1 aromatic carbocycles. The Labute approximate surface area is 148 Å². The third-order valence-electron chi connectivity index (χ3n) is 4.31. The lowest BCUT2D eigenvalue weighted by Crippen LogP contribution is -2.23. The zero-order chi connectivity index (χ0) is 17.5. The first-order valence-electron chi connectivity index (χ1n) is 8.97. The number of aromatic nitrogens is 4. The van der Waals surface area contributed by atoms with Crippen LogP contribution in [0.25, 0.3) is 11.0 Å². The van der Waals surface area contributed by atoms with Crippen molar-refractivity contribution in [3.63, 3.8) is 0 Å². The minimum Gasteiger partial charge on any atom is -0.313 e. The molecule has 130 valence electrons. The summed E-state index contributed by atoms with van der Waals surface area (Å²) in [7, 11) is 0. The molecule has 3 aromatic rings. The second kappa shape index (κ2) is 8.42. The second-order valence-electron chi connectivity index (χ2n) is 6.12. The van der Waals surface area contributed by atoms with Gasteiger partial charge in [-0.2, -0.15) is 0 Å². The normalized spacial score (nSPS) is 12.9. The Kier molecular flexibility index (Phi) is 5.77. The number of benzene rings is 1.